The molecule has 1 aliphatic heterocycles. The van der Waals surface area contributed by atoms with Gasteiger partial charge in [-0.1, -0.05) is 24.3 Å². The Bertz CT molecular complexity index is 702. The molecule has 0 saturated heterocycles. The molecule has 1 atom stereocenters. The van der Waals surface area contributed by atoms with Crippen molar-refractivity contribution in [1.82, 2.24) is 9.97 Å². The molecule has 3 rings (SSSR count). The molecule has 1 aliphatic rings. The number of carbonyl (C=O) groups excluding carboxylic acids is 1. The highest BCUT2D eigenvalue weighted by Crippen LogP contribution is 2.29. The van der Waals surface area contributed by atoms with E-state index >= 15 is 0 Å². The van der Waals surface area contributed by atoms with Gasteiger partial charge in [0, 0.05) is 20.3 Å². The Balaban J connectivity index is 1.68. The van der Waals surface area contributed by atoms with Crippen LogP contribution in [0.4, 0.5) is 11.8 Å². The predicted octanol–water partition coefficient (Wildman–Crippen LogP) is 2.19. The van der Waals surface area contributed by atoms with E-state index < -0.39 is 0 Å². The molecule has 1 amide bonds. The number of hydrogen-bond acceptors (Lipinski definition) is 5. The third kappa shape index (κ3) is 3.65. The summed E-state index contributed by atoms with van der Waals surface area (Å²) in [5.41, 5.74) is 2.36. The number of amides is 1. The van der Waals surface area contributed by atoms with Crippen LogP contribution in [0, 0.1) is 0 Å². The van der Waals surface area contributed by atoms with Crippen LogP contribution < -0.4 is 10.2 Å². The summed E-state index contributed by atoms with van der Waals surface area (Å²) >= 11 is 0. The first-order valence-electron chi connectivity index (χ1n) is 7.63. The van der Waals surface area contributed by atoms with Crippen molar-refractivity contribution in [1.29, 1.82) is 0 Å². The summed E-state index contributed by atoms with van der Waals surface area (Å²) < 4.78 is 5.77. The van der Waals surface area contributed by atoms with Crippen LogP contribution in [-0.2, 0) is 16.0 Å². The molecule has 2 aromatic rings. The highest BCUT2D eigenvalue weighted by molar-refractivity contribution is 5.90. The van der Waals surface area contributed by atoms with Crippen LogP contribution in [0.15, 0.2) is 36.5 Å². The van der Waals surface area contributed by atoms with Crippen molar-refractivity contribution in [2.75, 3.05) is 30.9 Å². The Morgan fingerprint density at radius 2 is 2.17 bits per heavy atom. The molecular formula is C17H20N4O2. The van der Waals surface area contributed by atoms with Gasteiger partial charge in [0.15, 0.2) is 0 Å². The zero-order valence-corrected chi connectivity index (χ0v) is 13.3. The third-order valence-electron chi connectivity index (χ3n) is 3.77. The fraction of sp³-hybridized carbons (Fsp3) is 0.353. The summed E-state index contributed by atoms with van der Waals surface area (Å²) in [6.45, 7) is 0.646. The van der Waals surface area contributed by atoms with Crippen molar-refractivity contribution < 1.29 is 9.53 Å². The van der Waals surface area contributed by atoms with E-state index in [4.69, 9.17) is 4.74 Å². The molecule has 1 aromatic carbocycles. The number of fused-ring (bicyclic) bond motifs is 1. The van der Waals surface area contributed by atoms with Gasteiger partial charge in [-0.2, -0.15) is 4.98 Å². The number of rotatable bonds is 4. The summed E-state index contributed by atoms with van der Waals surface area (Å²) in [5.74, 6) is 0.940. The largest absolute Gasteiger partial charge is 0.373 e. The minimum atomic E-state index is -0.199. The quantitative estimate of drug-likeness (QED) is 0.937. The van der Waals surface area contributed by atoms with E-state index in [1.54, 1.807) is 17.2 Å². The van der Waals surface area contributed by atoms with Crippen LogP contribution in [0.2, 0.25) is 0 Å². The summed E-state index contributed by atoms with van der Waals surface area (Å²) in [6, 6.07) is 9.80. The number of nitrogens with one attached hydrogen (secondary N) is 1. The van der Waals surface area contributed by atoms with E-state index in [0.717, 1.165) is 12.0 Å². The first kappa shape index (κ1) is 15.4. The van der Waals surface area contributed by atoms with Crippen LogP contribution in [0.3, 0.4) is 0 Å². The Kier molecular flexibility index (Phi) is 4.52. The molecule has 0 fully saturated rings. The number of aromatic nitrogens is 2. The van der Waals surface area contributed by atoms with E-state index in [2.05, 4.69) is 21.4 Å². The highest BCUT2D eigenvalue weighted by atomic mass is 16.5. The smallest absolute Gasteiger partial charge is 0.228 e. The zero-order valence-electron chi connectivity index (χ0n) is 13.3. The zero-order chi connectivity index (χ0) is 16.2. The number of carbonyl (C=O) groups is 1. The summed E-state index contributed by atoms with van der Waals surface area (Å²) in [4.78, 5) is 22.5. The first-order chi connectivity index (χ1) is 11.1. The first-order valence-corrected chi connectivity index (χ1v) is 7.63. The van der Waals surface area contributed by atoms with Gasteiger partial charge in [-0.3, -0.25) is 4.79 Å². The number of hydrogen-bond donors (Lipinski definition) is 1. The number of nitrogens with zero attached hydrogens (tertiary/aromatic N) is 3. The average Bonchev–Trinajstić information content (AvgIpc) is 2.55. The molecule has 0 aliphatic carbocycles. The molecule has 0 saturated carbocycles. The lowest BCUT2D eigenvalue weighted by Crippen LogP contribution is -2.23. The monoisotopic (exact) mass is 312 g/mol. The molecule has 0 spiro atoms. The lowest BCUT2D eigenvalue weighted by atomic mass is 9.96. The van der Waals surface area contributed by atoms with Crippen molar-refractivity contribution in [3.8, 4) is 0 Å². The average molecular weight is 312 g/mol. The van der Waals surface area contributed by atoms with Gasteiger partial charge in [0.05, 0.1) is 19.1 Å². The fourth-order valence-corrected chi connectivity index (χ4v) is 2.64. The third-order valence-corrected chi connectivity index (χ3v) is 3.77. The summed E-state index contributed by atoms with van der Waals surface area (Å²) in [5, 5.41) is 2.82. The second kappa shape index (κ2) is 6.75. The second-order valence-corrected chi connectivity index (χ2v) is 5.70. The summed E-state index contributed by atoms with van der Waals surface area (Å²) in [7, 11) is 3.71. The topological polar surface area (TPSA) is 67.4 Å². The van der Waals surface area contributed by atoms with Crippen LogP contribution >= 0.6 is 0 Å². The molecule has 2 heterocycles. The minimum Gasteiger partial charge on any atom is -0.373 e. The van der Waals surface area contributed by atoms with Gasteiger partial charge >= 0.3 is 0 Å². The second-order valence-electron chi connectivity index (χ2n) is 5.70. The van der Waals surface area contributed by atoms with Gasteiger partial charge in [0.1, 0.15) is 5.82 Å². The SMILES string of the molecule is CN(C)c1nccc(NC(=O)C[C@@H]2OCCc3ccccc32)n1. The molecule has 6 heteroatoms. The Hall–Kier alpha value is -2.47. The van der Waals surface area contributed by atoms with Crippen molar-refractivity contribution in [3.63, 3.8) is 0 Å². The highest BCUT2D eigenvalue weighted by Gasteiger charge is 2.23. The van der Waals surface area contributed by atoms with Crippen LogP contribution in [-0.4, -0.2) is 36.6 Å². The molecule has 120 valence electrons. The molecule has 0 unspecified atom stereocenters. The van der Waals surface area contributed by atoms with Crippen LogP contribution in [0.25, 0.3) is 0 Å². The number of anilines is 2. The van der Waals surface area contributed by atoms with Crippen molar-refractivity contribution in [2.45, 2.75) is 18.9 Å². The van der Waals surface area contributed by atoms with Crippen molar-refractivity contribution >= 4 is 17.7 Å². The maximum absolute atomic E-state index is 12.3. The van der Waals surface area contributed by atoms with Crippen LogP contribution in [0.5, 0.6) is 0 Å². The van der Waals surface area contributed by atoms with Crippen LogP contribution in [0.1, 0.15) is 23.7 Å². The van der Waals surface area contributed by atoms with Gasteiger partial charge in [0.2, 0.25) is 11.9 Å². The molecule has 1 N–H and O–H groups in total. The predicted molar refractivity (Wildman–Crippen MR) is 88.4 cm³/mol. The molecule has 23 heavy (non-hydrogen) atoms. The number of benzene rings is 1. The van der Waals surface area contributed by atoms with E-state index in [0.29, 0.717) is 18.4 Å². The van der Waals surface area contributed by atoms with Gasteiger partial charge in [0.25, 0.3) is 0 Å². The molecular weight excluding hydrogens is 292 g/mol. The molecule has 6 nitrogen and oxygen atoms in total. The Morgan fingerprint density at radius 3 is 3.00 bits per heavy atom. The van der Waals surface area contributed by atoms with E-state index in [9.17, 15) is 4.79 Å². The van der Waals surface area contributed by atoms with Gasteiger partial charge in [-0.15, -0.1) is 0 Å². The summed E-state index contributed by atoms with van der Waals surface area (Å²) in [6.07, 6.45) is 2.60. The lowest BCUT2D eigenvalue weighted by Gasteiger charge is -2.25. The van der Waals surface area contributed by atoms with Gasteiger partial charge in [-0.25, -0.2) is 4.98 Å². The normalized spacial score (nSPS) is 16.5. The maximum atomic E-state index is 12.3. The van der Waals surface area contributed by atoms with E-state index in [-0.39, 0.29) is 18.4 Å². The Morgan fingerprint density at radius 1 is 1.35 bits per heavy atom. The van der Waals surface area contributed by atoms with Gasteiger partial charge in [-0.05, 0) is 23.6 Å². The molecule has 0 bridgehead atoms. The fourth-order valence-electron chi connectivity index (χ4n) is 2.64. The maximum Gasteiger partial charge on any atom is 0.228 e. The molecule has 0 radical (unpaired) electrons. The number of ether oxygens (including phenoxy) is 1. The van der Waals surface area contributed by atoms with Gasteiger partial charge < -0.3 is 15.0 Å². The lowest BCUT2D eigenvalue weighted by molar-refractivity contribution is -0.119. The standard InChI is InChI=1S/C17H20N4O2/c1-21(2)17-18-9-7-15(20-17)19-16(22)11-14-13-6-4-3-5-12(13)8-10-23-14/h3-7,9,14H,8,10-11H2,1-2H3,(H,18,19,20,22)/t14-/m0/s1. The van der Waals surface area contributed by atoms with E-state index in [1.807, 2.05) is 32.3 Å². The Labute approximate surface area is 135 Å². The van der Waals surface area contributed by atoms with E-state index in [1.165, 1.54) is 5.56 Å². The van der Waals surface area contributed by atoms with Crippen molar-refractivity contribution in [3.05, 3.63) is 47.7 Å². The van der Waals surface area contributed by atoms with Crippen molar-refractivity contribution in [2.24, 2.45) is 0 Å². The minimum absolute atomic E-state index is 0.116. The molecule has 1 aromatic heterocycles.